The van der Waals surface area contributed by atoms with Crippen molar-refractivity contribution in [1.82, 2.24) is 0 Å². The first-order valence-electron chi connectivity index (χ1n) is 6.11. The highest BCUT2D eigenvalue weighted by Crippen LogP contribution is 2.24. The number of ether oxygens (including phenoxy) is 1. The number of rotatable bonds is 6. The maximum absolute atomic E-state index is 6.10. The van der Waals surface area contributed by atoms with Crippen molar-refractivity contribution in [2.24, 2.45) is 11.7 Å². The Morgan fingerprint density at radius 1 is 1.35 bits per heavy atom. The highest BCUT2D eigenvalue weighted by atomic mass is 79.9. The van der Waals surface area contributed by atoms with Crippen LogP contribution in [0.2, 0.25) is 0 Å². The van der Waals surface area contributed by atoms with E-state index in [0.29, 0.717) is 5.92 Å². The van der Waals surface area contributed by atoms with Gasteiger partial charge in [-0.2, -0.15) is 0 Å². The van der Waals surface area contributed by atoms with E-state index in [1.807, 2.05) is 12.1 Å². The maximum Gasteiger partial charge on any atom is 0.119 e. The van der Waals surface area contributed by atoms with Crippen LogP contribution in [-0.4, -0.2) is 13.2 Å². The zero-order chi connectivity index (χ0) is 12.8. The molecule has 0 spiro atoms. The zero-order valence-corrected chi connectivity index (χ0v) is 12.5. The summed E-state index contributed by atoms with van der Waals surface area (Å²) in [5.41, 5.74) is 7.36. The minimum atomic E-state index is 0.285. The van der Waals surface area contributed by atoms with Crippen LogP contribution in [0.5, 0.6) is 5.75 Å². The van der Waals surface area contributed by atoms with E-state index in [4.69, 9.17) is 10.5 Å². The Kier molecular flexibility index (Phi) is 6.00. The molecule has 0 aliphatic rings. The molecule has 17 heavy (non-hydrogen) atoms. The van der Waals surface area contributed by atoms with Crippen LogP contribution in [0.4, 0.5) is 0 Å². The molecule has 0 aromatic heterocycles. The average molecular weight is 300 g/mol. The third-order valence-corrected chi connectivity index (χ3v) is 3.59. The molecular formula is C14H22BrNO. The van der Waals surface area contributed by atoms with Crippen molar-refractivity contribution in [3.8, 4) is 5.75 Å². The van der Waals surface area contributed by atoms with Crippen LogP contribution in [0.25, 0.3) is 0 Å². The summed E-state index contributed by atoms with van der Waals surface area (Å²) in [6.07, 6.45) is 3.09. The van der Waals surface area contributed by atoms with Gasteiger partial charge in [-0.05, 0) is 48.9 Å². The molecule has 1 aromatic carbocycles. The number of hydrogen-bond acceptors (Lipinski definition) is 2. The van der Waals surface area contributed by atoms with Crippen LogP contribution in [0.1, 0.15) is 32.3 Å². The molecule has 1 atom stereocenters. The van der Waals surface area contributed by atoms with E-state index in [1.165, 1.54) is 5.56 Å². The molecule has 0 radical (unpaired) electrons. The summed E-state index contributed by atoms with van der Waals surface area (Å²) in [4.78, 5) is 0. The Hall–Kier alpha value is -0.540. The van der Waals surface area contributed by atoms with Gasteiger partial charge in [-0.3, -0.25) is 0 Å². The predicted octanol–water partition coefficient (Wildman–Crippen LogP) is 3.76. The van der Waals surface area contributed by atoms with Gasteiger partial charge in [0.05, 0.1) is 7.11 Å². The van der Waals surface area contributed by atoms with Crippen LogP contribution in [0, 0.1) is 5.92 Å². The molecule has 0 heterocycles. The standard InChI is InChI=1S/C14H22BrNO/c1-10(2)8-12(16)5-4-11-9-13(17-3)6-7-14(11)15/h6-7,9-10,12H,4-5,8,16H2,1-3H3. The third-order valence-electron chi connectivity index (χ3n) is 2.81. The van der Waals surface area contributed by atoms with Crippen LogP contribution in [0.3, 0.4) is 0 Å². The Morgan fingerprint density at radius 3 is 2.65 bits per heavy atom. The van der Waals surface area contributed by atoms with E-state index < -0.39 is 0 Å². The first-order chi connectivity index (χ1) is 8.02. The van der Waals surface area contributed by atoms with Gasteiger partial charge in [0.15, 0.2) is 0 Å². The van der Waals surface area contributed by atoms with Gasteiger partial charge < -0.3 is 10.5 Å². The number of benzene rings is 1. The SMILES string of the molecule is COc1ccc(Br)c(CCC(N)CC(C)C)c1. The molecular weight excluding hydrogens is 278 g/mol. The summed E-state index contributed by atoms with van der Waals surface area (Å²) in [6.45, 7) is 4.42. The molecule has 96 valence electrons. The highest BCUT2D eigenvalue weighted by Gasteiger charge is 2.08. The third kappa shape index (κ3) is 5.09. The molecule has 2 nitrogen and oxygen atoms in total. The molecule has 1 rings (SSSR count). The van der Waals surface area contributed by atoms with Crippen molar-refractivity contribution in [3.63, 3.8) is 0 Å². The van der Waals surface area contributed by atoms with Crippen molar-refractivity contribution in [3.05, 3.63) is 28.2 Å². The lowest BCUT2D eigenvalue weighted by Gasteiger charge is -2.14. The second kappa shape index (κ2) is 7.02. The van der Waals surface area contributed by atoms with E-state index in [0.717, 1.165) is 29.5 Å². The van der Waals surface area contributed by atoms with Gasteiger partial charge in [0.2, 0.25) is 0 Å². The second-order valence-corrected chi connectivity index (χ2v) is 5.74. The molecule has 0 aliphatic heterocycles. The fourth-order valence-electron chi connectivity index (χ4n) is 1.93. The van der Waals surface area contributed by atoms with E-state index in [9.17, 15) is 0 Å². The van der Waals surface area contributed by atoms with Crippen molar-refractivity contribution < 1.29 is 4.74 Å². The van der Waals surface area contributed by atoms with Crippen LogP contribution in [0.15, 0.2) is 22.7 Å². The van der Waals surface area contributed by atoms with E-state index in [-0.39, 0.29) is 6.04 Å². The smallest absolute Gasteiger partial charge is 0.119 e. The molecule has 0 saturated carbocycles. The van der Waals surface area contributed by atoms with E-state index in [2.05, 4.69) is 35.8 Å². The van der Waals surface area contributed by atoms with Gasteiger partial charge in [0.1, 0.15) is 5.75 Å². The molecule has 0 bridgehead atoms. The number of aryl methyl sites for hydroxylation is 1. The monoisotopic (exact) mass is 299 g/mol. The molecule has 1 unspecified atom stereocenters. The molecule has 3 heteroatoms. The van der Waals surface area contributed by atoms with Gasteiger partial charge >= 0.3 is 0 Å². The van der Waals surface area contributed by atoms with Crippen LogP contribution < -0.4 is 10.5 Å². The van der Waals surface area contributed by atoms with Gasteiger partial charge in [0, 0.05) is 10.5 Å². The Labute approximate surface area is 113 Å². The van der Waals surface area contributed by atoms with Gasteiger partial charge in [-0.25, -0.2) is 0 Å². The lowest BCUT2D eigenvalue weighted by Crippen LogP contribution is -2.22. The fourth-order valence-corrected chi connectivity index (χ4v) is 2.38. The Bertz CT molecular complexity index is 352. The lowest BCUT2D eigenvalue weighted by atomic mass is 9.98. The summed E-state index contributed by atoms with van der Waals surface area (Å²) in [6, 6.07) is 6.35. The second-order valence-electron chi connectivity index (χ2n) is 4.89. The van der Waals surface area contributed by atoms with Gasteiger partial charge in [-0.15, -0.1) is 0 Å². The molecule has 1 aromatic rings. The first kappa shape index (κ1) is 14.5. The number of halogens is 1. The van der Waals surface area contributed by atoms with Crippen molar-refractivity contribution in [1.29, 1.82) is 0 Å². The number of methoxy groups -OCH3 is 1. The lowest BCUT2D eigenvalue weighted by molar-refractivity contribution is 0.413. The minimum absolute atomic E-state index is 0.285. The summed E-state index contributed by atoms with van der Waals surface area (Å²) in [5.74, 6) is 1.57. The predicted molar refractivity (Wildman–Crippen MR) is 76.4 cm³/mol. The van der Waals surface area contributed by atoms with E-state index >= 15 is 0 Å². The zero-order valence-electron chi connectivity index (χ0n) is 10.9. The van der Waals surface area contributed by atoms with Gasteiger partial charge in [0.25, 0.3) is 0 Å². The van der Waals surface area contributed by atoms with Crippen molar-refractivity contribution in [2.75, 3.05) is 7.11 Å². The number of nitrogens with two attached hydrogens (primary N) is 1. The molecule has 0 fully saturated rings. The van der Waals surface area contributed by atoms with E-state index in [1.54, 1.807) is 7.11 Å². The fraction of sp³-hybridized carbons (Fsp3) is 0.571. The van der Waals surface area contributed by atoms with Crippen molar-refractivity contribution in [2.45, 2.75) is 39.2 Å². The molecule has 2 N–H and O–H groups in total. The average Bonchev–Trinajstić information content (AvgIpc) is 2.27. The number of hydrogen-bond donors (Lipinski definition) is 1. The summed E-state index contributed by atoms with van der Waals surface area (Å²) in [5, 5.41) is 0. The summed E-state index contributed by atoms with van der Waals surface area (Å²) < 4.78 is 6.36. The molecule has 0 aliphatic carbocycles. The normalized spacial score (nSPS) is 12.8. The van der Waals surface area contributed by atoms with Gasteiger partial charge in [-0.1, -0.05) is 29.8 Å². The first-order valence-corrected chi connectivity index (χ1v) is 6.90. The van der Waals surface area contributed by atoms with Crippen LogP contribution in [-0.2, 0) is 6.42 Å². The quantitative estimate of drug-likeness (QED) is 0.868. The highest BCUT2D eigenvalue weighted by molar-refractivity contribution is 9.10. The minimum Gasteiger partial charge on any atom is -0.497 e. The largest absolute Gasteiger partial charge is 0.497 e. The molecule has 0 amide bonds. The van der Waals surface area contributed by atoms with Crippen LogP contribution >= 0.6 is 15.9 Å². The summed E-state index contributed by atoms with van der Waals surface area (Å²) >= 11 is 3.56. The Morgan fingerprint density at radius 2 is 2.06 bits per heavy atom. The maximum atomic E-state index is 6.10. The van der Waals surface area contributed by atoms with Crippen molar-refractivity contribution >= 4 is 15.9 Å². The Balaban J connectivity index is 2.56. The topological polar surface area (TPSA) is 35.2 Å². The summed E-state index contributed by atoms with van der Waals surface area (Å²) in [7, 11) is 1.69. The molecule has 0 saturated heterocycles.